The van der Waals surface area contributed by atoms with E-state index in [1.807, 2.05) is 36.4 Å². The van der Waals surface area contributed by atoms with Crippen LogP contribution in [0.4, 0.5) is 4.79 Å². The van der Waals surface area contributed by atoms with Gasteiger partial charge in [0.05, 0.1) is 18.7 Å². The average molecular weight is 521 g/mol. The van der Waals surface area contributed by atoms with E-state index in [9.17, 15) is 24.6 Å². The predicted molar refractivity (Wildman–Crippen MR) is 145 cm³/mol. The third-order valence-corrected chi connectivity index (χ3v) is 6.35. The Morgan fingerprint density at radius 2 is 1.66 bits per heavy atom. The highest BCUT2D eigenvalue weighted by Crippen LogP contribution is 2.37. The minimum atomic E-state index is -1.53. The number of aliphatic hydroxyl groups excluding tert-OH is 1. The lowest BCUT2D eigenvalue weighted by molar-refractivity contribution is -0.148. The fraction of sp³-hybridized carbons (Fsp3) is 0.367. The Labute approximate surface area is 223 Å². The SMILES string of the molecule is CC(=O)NC1C=C(c2ccccc2)C=CC1(CCN(C[C@H](O)c1ccccc1)C(=O)OC(C)(C)C)C(=O)O. The van der Waals surface area contributed by atoms with Crippen LogP contribution in [-0.4, -0.2) is 57.8 Å². The van der Waals surface area contributed by atoms with E-state index in [0.717, 1.165) is 11.1 Å². The van der Waals surface area contributed by atoms with Crippen molar-refractivity contribution in [1.29, 1.82) is 0 Å². The van der Waals surface area contributed by atoms with Crippen molar-refractivity contribution in [3.05, 3.63) is 90.0 Å². The molecule has 2 aromatic rings. The van der Waals surface area contributed by atoms with E-state index in [2.05, 4.69) is 5.32 Å². The molecule has 8 nitrogen and oxygen atoms in total. The zero-order chi connectivity index (χ0) is 27.9. The fourth-order valence-corrected chi connectivity index (χ4v) is 4.38. The Balaban J connectivity index is 1.91. The molecule has 0 saturated heterocycles. The van der Waals surface area contributed by atoms with Crippen molar-refractivity contribution in [2.45, 2.75) is 51.9 Å². The number of aliphatic hydroxyl groups is 1. The third-order valence-electron chi connectivity index (χ3n) is 6.35. The summed E-state index contributed by atoms with van der Waals surface area (Å²) in [5, 5.41) is 24.0. The Morgan fingerprint density at radius 1 is 1.05 bits per heavy atom. The topological polar surface area (TPSA) is 116 Å². The van der Waals surface area contributed by atoms with Gasteiger partial charge in [-0.25, -0.2) is 4.79 Å². The highest BCUT2D eigenvalue weighted by Gasteiger charge is 2.45. The summed E-state index contributed by atoms with van der Waals surface area (Å²) in [7, 11) is 0. The number of nitrogens with one attached hydrogen (secondary N) is 1. The first-order valence-electron chi connectivity index (χ1n) is 12.6. The summed E-state index contributed by atoms with van der Waals surface area (Å²) in [4.78, 5) is 39.3. The van der Waals surface area contributed by atoms with Gasteiger partial charge in [-0.3, -0.25) is 9.59 Å². The summed E-state index contributed by atoms with van der Waals surface area (Å²) in [5.74, 6) is -1.51. The monoisotopic (exact) mass is 520 g/mol. The van der Waals surface area contributed by atoms with Crippen LogP contribution in [0.25, 0.3) is 5.57 Å². The van der Waals surface area contributed by atoms with E-state index in [1.165, 1.54) is 11.8 Å². The van der Waals surface area contributed by atoms with Gasteiger partial charge < -0.3 is 25.2 Å². The van der Waals surface area contributed by atoms with Gasteiger partial charge in [0.2, 0.25) is 5.91 Å². The molecule has 0 saturated carbocycles. The molecule has 3 rings (SSSR count). The maximum absolute atomic E-state index is 13.1. The Kier molecular flexibility index (Phi) is 9.12. The number of amides is 2. The molecular formula is C30H36N2O6. The number of rotatable bonds is 9. The summed E-state index contributed by atoms with van der Waals surface area (Å²) in [6, 6.07) is 17.5. The molecule has 1 aliphatic rings. The van der Waals surface area contributed by atoms with Gasteiger partial charge in [0.25, 0.3) is 0 Å². The highest BCUT2D eigenvalue weighted by molar-refractivity contribution is 5.87. The summed E-state index contributed by atoms with van der Waals surface area (Å²) < 4.78 is 5.56. The quantitative estimate of drug-likeness (QED) is 0.446. The number of carboxylic acids is 1. The maximum atomic E-state index is 13.1. The number of carboxylic acid groups (broad SMARTS) is 1. The number of ether oxygens (including phenoxy) is 1. The molecule has 2 aromatic carbocycles. The van der Waals surface area contributed by atoms with Crippen LogP contribution >= 0.6 is 0 Å². The number of aliphatic carboxylic acids is 1. The first kappa shape index (κ1) is 28.7. The molecule has 0 heterocycles. The van der Waals surface area contributed by atoms with Crippen molar-refractivity contribution < 1.29 is 29.3 Å². The van der Waals surface area contributed by atoms with Gasteiger partial charge in [-0.2, -0.15) is 0 Å². The molecule has 0 aliphatic heterocycles. The second kappa shape index (κ2) is 12.1. The van der Waals surface area contributed by atoms with Crippen LogP contribution in [0, 0.1) is 5.41 Å². The van der Waals surface area contributed by atoms with E-state index in [0.29, 0.717) is 5.56 Å². The fourth-order valence-electron chi connectivity index (χ4n) is 4.38. The number of hydrogen-bond donors (Lipinski definition) is 3. The van der Waals surface area contributed by atoms with Gasteiger partial charge in [-0.15, -0.1) is 0 Å². The van der Waals surface area contributed by atoms with Crippen LogP contribution in [-0.2, 0) is 14.3 Å². The van der Waals surface area contributed by atoms with Crippen molar-refractivity contribution in [3.63, 3.8) is 0 Å². The van der Waals surface area contributed by atoms with Gasteiger partial charge in [0.1, 0.15) is 11.0 Å². The largest absolute Gasteiger partial charge is 0.481 e. The molecule has 202 valence electrons. The van der Waals surface area contributed by atoms with Crippen LogP contribution in [0.3, 0.4) is 0 Å². The second-order valence-electron chi connectivity index (χ2n) is 10.4. The summed E-state index contributed by atoms with van der Waals surface area (Å²) in [5.41, 5.74) is -0.0155. The predicted octanol–water partition coefficient (Wildman–Crippen LogP) is 4.58. The average Bonchev–Trinajstić information content (AvgIpc) is 2.86. The minimum absolute atomic E-state index is 0.0247. The zero-order valence-electron chi connectivity index (χ0n) is 22.3. The molecule has 38 heavy (non-hydrogen) atoms. The van der Waals surface area contributed by atoms with Crippen LogP contribution < -0.4 is 5.32 Å². The Hall–Kier alpha value is -3.91. The summed E-state index contributed by atoms with van der Waals surface area (Å²) in [6.45, 7) is 6.44. The van der Waals surface area contributed by atoms with E-state index >= 15 is 0 Å². The van der Waals surface area contributed by atoms with Crippen molar-refractivity contribution in [2.24, 2.45) is 5.41 Å². The number of carbonyl (C=O) groups excluding carboxylic acids is 2. The third kappa shape index (κ3) is 7.32. The molecule has 8 heteroatoms. The van der Waals surface area contributed by atoms with Crippen LogP contribution in [0.1, 0.15) is 51.3 Å². The number of nitrogens with zero attached hydrogens (tertiary/aromatic N) is 1. The van der Waals surface area contributed by atoms with Crippen molar-refractivity contribution in [1.82, 2.24) is 10.2 Å². The Bertz CT molecular complexity index is 1190. The standard InChI is InChI=1S/C30H36N2O6/c1-21(33)31-26-19-24(22-11-7-5-8-12-22)15-16-30(26,27(35)36)17-18-32(28(37)38-29(2,3)4)20-25(34)23-13-9-6-10-14-23/h5-16,19,25-26,34H,17-18,20H2,1-4H3,(H,31,33)(H,35,36)/t25-,26?,30?/m0/s1. The molecule has 3 N–H and O–H groups in total. The van der Waals surface area contributed by atoms with Crippen molar-refractivity contribution in [3.8, 4) is 0 Å². The molecule has 0 radical (unpaired) electrons. The lowest BCUT2D eigenvalue weighted by atomic mass is 9.72. The zero-order valence-corrected chi connectivity index (χ0v) is 22.3. The van der Waals surface area contributed by atoms with Gasteiger partial charge in [-0.05, 0) is 43.9 Å². The number of allylic oxidation sites excluding steroid dienone is 2. The molecular weight excluding hydrogens is 484 g/mol. The molecule has 1 aliphatic carbocycles. The van der Waals surface area contributed by atoms with Crippen LogP contribution in [0.2, 0.25) is 0 Å². The lowest BCUT2D eigenvalue weighted by Gasteiger charge is -2.38. The van der Waals surface area contributed by atoms with Crippen molar-refractivity contribution in [2.75, 3.05) is 13.1 Å². The minimum Gasteiger partial charge on any atom is -0.481 e. The summed E-state index contributed by atoms with van der Waals surface area (Å²) >= 11 is 0. The molecule has 0 spiro atoms. The number of carbonyl (C=O) groups is 3. The van der Waals surface area contributed by atoms with Gasteiger partial charge in [0, 0.05) is 13.5 Å². The summed E-state index contributed by atoms with van der Waals surface area (Å²) in [6.07, 6.45) is 3.37. The maximum Gasteiger partial charge on any atom is 0.410 e. The lowest BCUT2D eigenvalue weighted by Crippen LogP contribution is -2.52. The molecule has 2 amide bonds. The van der Waals surface area contributed by atoms with Gasteiger partial charge >= 0.3 is 12.1 Å². The van der Waals surface area contributed by atoms with E-state index < -0.39 is 35.2 Å². The Morgan fingerprint density at radius 3 is 2.21 bits per heavy atom. The van der Waals surface area contributed by atoms with E-state index in [1.54, 1.807) is 63.3 Å². The number of hydrogen-bond acceptors (Lipinski definition) is 5. The van der Waals surface area contributed by atoms with E-state index in [4.69, 9.17) is 4.74 Å². The first-order chi connectivity index (χ1) is 17.9. The van der Waals surface area contributed by atoms with E-state index in [-0.39, 0.29) is 25.4 Å². The normalized spacial score (nSPS) is 19.7. The first-order valence-corrected chi connectivity index (χ1v) is 12.6. The van der Waals surface area contributed by atoms with Crippen LogP contribution in [0.5, 0.6) is 0 Å². The van der Waals surface area contributed by atoms with Gasteiger partial charge in [0.15, 0.2) is 0 Å². The van der Waals surface area contributed by atoms with Crippen molar-refractivity contribution >= 4 is 23.5 Å². The van der Waals surface area contributed by atoms with Crippen LogP contribution in [0.15, 0.2) is 78.9 Å². The smallest absolute Gasteiger partial charge is 0.410 e. The molecule has 2 unspecified atom stereocenters. The second-order valence-corrected chi connectivity index (χ2v) is 10.4. The number of benzene rings is 2. The molecule has 0 fully saturated rings. The van der Waals surface area contributed by atoms with Gasteiger partial charge in [-0.1, -0.05) is 78.9 Å². The molecule has 0 bridgehead atoms. The highest BCUT2D eigenvalue weighted by atomic mass is 16.6. The molecule has 0 aromatic heterocycles. The molecule has 3 atom stereocenters.